The van der Waals surface area contributed by atoms with Crippen LogP contribution in [0.25, 0.3) is 27.6 Å². The largest absolute Gasteiger partial charge is 0.293 e. The fourth-order valence-corrected chi connectivity index (χ4v) is 4.78. The highest BCUT2D eigenvalue weighted by atomic mass is 32.2. The van der Waals surface area contributed by atoms with Crippen molar-refractivity contribution < 1.29 is 14.5 Å². The lowest BCUT2D eigenvalue weighted by molar-refractivity contribution is -0.385. The molecule has 4 aromatic rings. The summed E-state index contributed by atoms with van der Waals surface area (Å²) in [5.74, 6) is -0.449. The first-order chi connectivity index (χ1) is 15.5. The second kappa shape index (κ2) is 7.94. The highest BCUT2D eigenvalue weighted by Crippen LogP contribution is 2.37. The van der Waals surface area contributed by atoms with Crippen LogP contribution < -0.4 is 0 Å². The summed E-state index contributed by atoms with van der Waals surface area (Å²) >= 11 is 0.856. The van der Waals surface area contributed by atoms with Gasteiger partial charge in [0.1, 0.15) is 0 Å². The van der Waals surface area contributed by atoms with Crippen LogP contribution in [0.2, 0.25) is 0 Å². The summed E-state index contributed by atoms with van der Waals surface area (Å²) in [5, 5.41) is 14.9. The van der Waals surface area contributed by atoms with Crippen LogP contribution in [0.5, 0.6) is 0 Å². The molecule has 7 heteroatoms. The highest BCUT2D eigenvalue weighted by molar-refractivity contribution is 8.18. The number of amides is 2. The third-order valence-electron chi connectivity index (χ3n) is 5.48. The summed E-state index contributed by atoms with van der Waals surface area (Å²) in [6, 6.07) is 24.0. The third kappa shape index (κ3) is 3.42. The first-order valence-electron chi connectivity index (χ1n) is 9.91. The molecule has 2 amide bonds. The van der Waals surface area contributed by atoms with E-state index in [2.05, 4.69) is 6.07 Å². The van der Waals surface area contributed by atoms with E-state index >= 15 is 0 Å². The molecule has 4 aromatic carbocycles. The Hall–Kier alpha value is -3.97. The van der Waals surface area contributed by atoms with Crippen LogP contribution in [0.3, 0.4) is 0 Å². The summed E-state index contributed by atoms with van der Waals surface area (Å²) in [4.78, 5) is 37.9. The van der Waals surface area contributed by atoms with E-state index in [9.17, 15) is 19.7 Å². The predicted molar refractivity (Wildman–Crippen MR) is 126 cm³/mol. The number of fused-ring (bicyclic) bond motifs is 2. The van der Waals surface area contributed by atoms with Crippen molar-refractivity contribution in [3.05, 3.63) is 105 Å². The maximum Gasteiger partial charge on any atom is 0.293 e. The number of hydrogen-bond donors (Lipinski definition) is 0. The fourth-order valence-electron chi connectivity index (χ4n) is 3.96. The smallest absolute Gasteiger partial charge is 0.268 e. The van der Waals surface area contributed by atoms with Crippen molar-refractivity contribution in [2.45, 2.75) is 6.54 Å². The molecular weight excluding hydrogens is 424 g/mol. The van der Waals surface area contributed by atoms with Gasteiger partial charge in [-0.2, -0.15) is 0 Å². The molecule has 1 aliphatic rings. The number of hydrogen-bond acceptors (Lipinski definition) is 5. The van der Waals surface area contributed by atoms with Gasteiger partial charge in [-0.15, -0.1) is 0 Å². The second-order valence-corrected chi connectivity index (χ2v) is 8.38. The minimum absolute atomic E-state index is 0.115. The summed E-state index contributed by atoms with van der Waals surface area (Å²) in [7, 11) is 0. The Kier molecular flexibility index (Phi) is 4.95. The molecule has 0 aromatic heterocycles. The van der Waals surface area contributed by atoms with Crippen LogP contribution in [-0.2, 0) is 11.3 Å². The zero-order chi connectivity index (χ0) is 22.2. The SMILES string of the molecule is O=C1S/C(=C\c2c3ccccc3cc3ccccc23)C(=O)N1Cc1ccccc1[N+](=O)[O-]. The minimum atomic E-state index is -0.507. The first kappa shape index (κ1) is 20.0. The Bertz CT molecular complexity index is 1410. The minimum Gasteiger partial charge on any atom is -0.268 e. The molecule has 1 fully saturated rings. The topological polar surface area (TPSA) is 80.5 Å². The van der Waals surface area contributed by atoms with Gasteiger partial charge in [-0.1, -0.05) is 66.7 Å². The lowest BCUT2D eigenvalue weighted by Gasteiger charge is -2.12. The van der Waals surface area contributed by atoms with E-state index in [0.717, 1.165) is 43.8 Å². The van der Waals surface area contributed by atoms with E-state index in [1.54, 1.807) is 24.3 Å². The molecule has 32 heavy (non-hydrogen) atoms. The van der Waals surface area contributed by atoms with Crippen molar-refractivity contribution in [3.8, 4) is 0 Å². The molecule has 1 saturated heterocycles. The first-order valence-corrected chi connectivity index (χ1v) is 10.7. The van der Waals surface area contributed by atoms with Gasteiger partial charge in [0.15, 0.2) is 0 Å². The van der Waals surface area contributed by atoms with Crippen LogP contribution in [0, 0.1) is 10.1 Å². The normalized spacial score (nSPS) is 15.2. The van der Waals surface area contributed by atoms with Gasteiger partial charge >= 0.3 is 0 Å². The van der Waals surface area contributed by atoms with E-state index in [1.165, 1.54) is 6.07 Å². The molecule has 1 heterocycles. The number of thioether (sulfide) groups is 1. The molecular formula is C25H16N2O4S. The van der Waals surface area contributed by atoms with E-state index in [1.807, 2.05) is 48.5 Å². The maximum absolute atomic E-state index is 13.1. The molecule has 0 aliphatic carbocycles. The van der Waals surface area contributed by atoms with Crippen molar-refractivity contribution in [1.29, 1.82) is 0 Å². The Balaban J connectivity index is 1.58. The van der Waals surface area contributed by atoms with Crippen molar-refractivity contribution in [1.82, 2.24) is 4.90 Å². The number of nitro benzene ring substituents is 1. The monoisotopic (exact) mass is 440 g/mol. The average molecular weight is 440 g/mol. The molecule has 156 valence electrons. The van der Waals surface area contributed by atoms with Gasteiger partial charge < -0.3 is 0 Å². The molecule has 5 rings (SSSR count). The van der Waals surface area contributed by atoms with Crippen molar-refractivity contribution in [2.24, 2.45) is 0 Å². The number of nitro groups is 1. The van der Waals surface area contributed by atoms with Crippen molar-refractivity contribution in [3.63, 3.8) is 0 Å². The average Bonchev–Trinajstić information content (AvgIpc) is 3.06. The molecule has 0 bridgehead atoms. The van der Waals surface area contributed by atoms with Crippen LogP contribution in [0.4, 0.5) is 10.5 Å². The van der Waals surface area contributed by atoms with Crippen LogP contribution >= 0.6 is 11.8 Å². The van der Waals surface area contributed by atoms with Gasteiger partial charge in [0.2, 0.25) is 0 Å². The van der Waals surface area contributed by atoms with Crippen molar-refractivity contribution >= 4 is 56.2 Å². The zero-order valence-corrected chi connectivity index (χ0v) is 17.5. The molecule has 6 nitrogen and oxygen atoms in total. The Morgan fingerprint density at radius 3 is 2.12 bits per heavy atom. The van der Waals surface area contributed by atoms with Crippen LogP contribution in [-0.4, -0.2) is 21.0 Å². The van der Waals surface area contributed by atoms with Crippen molar-refractivity contribution in [2.75, 3.05) is 0 Å². The molecule has 0 unspecified atom stereocenters. The lowest BCUT2D eigenvalue weighted by Crippen LogP contribution is -2.27. The predicted octanol–water partition coefficient (Wildman–Crippen LogP) is 6.14. The quantitative estimate of drug-likeness (QED) is 0.165. The van der Waals surface area contributed by atoms with Crippen LogP contribution in [0.1, 0.15) is 11.1 Å². The molecule has 0 radical (unpaired) electrons. The molecule has 0 N–H and O–H groups in total. The van der Waals surface area contributed by atoms with Gasteiger partial charge in [0, 0.05) is 11.6 Å². The van der Waals surface area contributed by atoms with Gasteiger partial charge in [-0.25, -0.2) is 0 Å². The van der Waals surface area contributed by atoms with Gasteiger partial charge in [0.25, 0.3) is 16.8 Å². The Morgan fingerprint density at radius 2 is 1.47 bits per heavy atom. The lowest BCUT2D eigenvalue weighted by atomic mass is 9.96. The van der Waals surface area contributed by atoms with Crippen LogP contribution in [0.15, 0.2) is 83.8 Å². The number of para-hydroxylation sites is 1. The second-order valence-electron chi connectivity index (χ2n) is 7.39. The summed E-state index contributed by atoms with van der Waals surface area (Å²) in [5.41, 5.74) is 1.07. The third-order valence-corrected chi connectivity index (χ3v) is 6.39. The standard InChI is InChI=1S/C25H16N2O4S/c28-24-23(32-25(29)26(24)15-18-9-3-6-12-22(18)27(30)31)14-21-19-10-4-1-7-16(19)13-17-8-2-5-11-20(17)21/h1-14H,15H2/b23-14-. The maximum atomic E-state index is 13.1. The Morgan fingerprint density at radius 1 is 0.875 bits per heavy atom. The number of carbonyl (C=O) groups excluding carboxylic acids is 2. The number of imide groups is 1. The summed E-state index contributed by atoms with van der Waals surface area (Å²) < 4.78 is 0. The fraction of sp³-hybridized carbons (Fsp3) is 0.0400. The van der Waals surface area contributed by atoms with E-state index in [4.69, 9.17) is 0 Å². The molecule has 0 atom stereocenters. The number of benzene rings is 4. The van der Waals surface area contributed by atoms with E-state index in [0.29, 0.717) is 10.5 Å². The zero-order valence-electron chi connectivity index (χ0n) is 16.7. The summed E-state index contributed by atoms with van der Waals surface area (Å²) in [6.45, 7) is -0.143. The number of carbonyl (C=O) groups is 2. The number of rotatable bonds is 4. The molecule has 0 saturated carbocycles. The molecule has 0 spiro atoms. The van der Waals surface area contributed by atoms with E-state index < -0.39 is 16.1 Å². The van der Waals surface area contributed by atoms with Gasteiger partial charge in [-0.3, -0.25) is 24.6 Å². The molecule has 1 aliphatic heterocycles. The van der Waals surface area contributed by atoms with Gasteiger partial charge in [0.05, 0.1) is 16.4 Å². The summed E-state index contributed by atoms with van der Waals surface area (Å²) in [6.07, 6.45) is 1.76. The highest BCUT2D eigenvalue weighted by Gasteiger charge is 2.36. The van der Waals surface area contributed by atoms with E-state index in [-0.39, 0.29) is 12.2 Å². The Labute approximate surface area is 187 Å². The van der Waals surface area contributed by atoms with Gasteiger partial charge in [-0.05, 0) is 51.0 Å². The number of nitrogens with zero attached hydrogens (tertiary/aromatic N) is 2.